The number of hydrogen-bond acceptors (Lipinski definition) is 4. The Labute approximate surface area is 104 Å². The molecule has 1 aliphatic rings. The van der Waals surface area contributed by atoms with Crippen molar-refractivity contribution in [2.75, 3.05) is 13.1 Å². The average molecular weight is 244 g/mol. The van der Waals surface area contributed by atoms with Gasteiger partial charge < -0.3 is 10.0 Å². The van der Waals surface area contributed by atoms with Crippen LogP contribution in [0.1, 0.15) is 10.4 Å². The van der Waals surface area contributed by atoms with Gasteiger partial charge in [-0.1, -0.05) is 0 Å². The number of rotatable bonds is 2. The topological polar surface area (TPSA) is 71.2 Å². The third kappa shape index (κ3) is 1.86. The van der Waals surface area contributed by atoms with Crippen molar-refractivity contribution in [2.45, 2.75) is 6.10 Å². The average Bonchev–Trinajstić information content (AvgIpc) is 2.88. The molecule has 0 aliphatic carbocycles. The molecule has 1 saturated heterocycles. The molecule has 1 aliphatic heterocycles. The summed E-state index contributed by atoms with van der Waals surface area (Å²) in [6.07, 6.45) is 6.26. The quantitative estimate of drug-likeness (QED) is 0.812. The maximum atomic E-state index is 12.1. The van der Waals surface area contributed by atoms with Gasteiger partial charge in [-0.15, -0.1) is 0 Å². The maximum Gasteiger partial charge on any atom is 0.254 e. The van der Waals surface area contributed by atoms with Gasteiger partial charge in [0.2, 0.25) is 0 Å². The van der Waals surface area contributed by atoms with Gasteiger partial charge in [-0.05, 0) is 12.1 Å². The lowest BCUT2D eigenvalue weighted by Gasteiger charge is -2.35. The van der Waals surface area contributed by atoms with E-state index in [9.17, 15) is 9.90 Å². The Morgan fingerprint density at radius 3 is 2.89 bits per heavy atom. The minimum Gasteiger partial charge on any atom is -0.389 e. The first kappa shape index (κ1) is 10.9. The molecule has 1 amide bonds. The van der Waals surface area contributed by atoms with Gasteiger partial charge >= 0.3 is 0 Å². The zero-order chi connectivity index (χ0) is 12.5. The van der Waals surface area contributed by atoms with Crippen molar-refractivity contribution in [2.24, 2.45) is 0 Å². The molecule has 3 heterocycles. The Hall–Kier alpha value is -2.21. The summed E-state index contributed by atoms with van der Waals surface area (Å²) in [5.74, 6) is 0.573. The van der Waals surface area contributed by atoms with E-state index in [1.165, 1.54) is 0 Å². The Balaban J connectivity index is 1.85. The molecule has 3 rings (SSSR count). The fraction of sp³-hybridized carbons (Fsp3) is 0.250. The number of carbonyl (C=O) groups is 1. The second kappa shape index (κ2) is 4.23. The van der Waals surface area contributed by atoms with E-state index in [-0.39, 0.29) is 12.0 Å². The summed E-state index contributed by atoms with van der Waals surface area (Å²) < 4.78 is 1.74. The van der Waals surface area contributed by atoms with E-state index in [2.05, 4.69) is 9.97 Å². The number of imidazole rings is 1. The summed E-state index contributed by atoms with van der Waals surface area (Å²) in [5, 5.41) is 9.20. The van der Waals surface area contributed by atoms with Crippen molar-refractivity contribution < 1.29 is 9.90 Å². The summed E-state index contributed by atoms with van der Waals surface area (Å²) in [4.78, 5) is 21.8. The Kier molecular flexibility index (Phi) is 2.56. The second-order valence-corrected chi connectivity index (χ2v) is 4.24. The van der Waals surface area contributed by atoms with Crippen LogP contribution in [0.15, 0.2) is 37.1 Å². The van der Waals surface area contributed by atoms with Gasteiger partial charge in [0.1, 0.15) is 12.1 Å². The van der Waals surface area contributed by atoms with Crippen LogP contribution in [0.2, 0.25) is 0 Å². The summed E-state index contributed by atoms with van der Waals surface area (Å²) in [6.45, 7) is 0.809. The van der Waals surface area contributed by atoms with E-state index in [1.54, 1.807) is 46.5 Å². The highest BCUT2D eigenvalue weighted by molar-refractivity contribution is 5.95. The number of likely N-dealkylation sites (tertiary alicyclic amines) is 1. The van der Waals surface area contributed by atoms with Crippen molar-refractivity contribution in [3.8, 4) is 5.82 Å². The molecule has 2 aromatic heterocycles. The lowest BCUT2D eigenvalue weighted by molar-refractivity contribution is 0.00589. The molecule has 2 aromatic rings. The van der Waals surface area contributed by atoms with Gasteiger partial charge in [-0.25, -0.2) is 9.97 Å². The molecule has 6 heteroatoms. The first-order valence-electron chi connectivity index (χ1n) is 5.66. The van der Waals surface area contributed by atoms with Crippen LogP contribution in [0.25, 0.3) is 5.82 Å². The highest BCUT2D eigenvalue weighted by Crippen LogP contribution is 2.14. The summed E-state index contributed by atoms with van der Waals surface area (Å²) >= 11 is 0. The number of pyridine rings is 1. The number of amides is 1. The molecule has 0 unspecified atom stereocenters. The summed E-state index contributed by atoms with van der Waals surface area (Å²) in [5.41, 5.74) is 0.570. The van der Waals surface area contributed by atoms with Crippen molar-refractivity contribution in [3.63, 3.8) is 0 Å². The largest absolute Gasteiger partial charge is 0.389 e. The summed E-state index contributed by atoms with van der Waals surface area (Å²) in [7, 11) is 0. The maximum absolute atomic E-state index is 12.1. The number of carbonyl (C=O) groups excluding carboxylic acids is 1. The van der Waals surface area contributed by atoms with Crippen LogP contribution in [0, 0.1) is 0 Å². The summed E-state index contributed by atoms with van der Waals surface area (Å²) in [6, 6.07) is 3.39. The Morgan fingerprint density at radius 2 is 2.22 bits per heavy atom. The lowest BCUT2D eigenvalue weighted by atomic mass is 10.1. The van der Waals surface area contributed by atoms with Gasteiger partial charge in [0.25, 0.3) is 5.91 Å². The molecular formula is C12H12N4O2. The predicted molar refractivity (Wildman–Crippen MR) is 63.3 cm³/mol. The fourth-order valence-electron chi connectivity index (χ4n) is 1.89. The molecule has 0 spiro atoms. The molecule has 1 fully saturated rings. The fourth-order valence-corrected chi connectivity index (χ4v) is 1.89. The Morgan fingerprint density at radius 1 is 1.39 bits per heavy atom. The van der Waals surface area contributed by atoms with Gasteiger partial charge in [-0.2, -0.15) is 0 Å². The predicted octanol–water partition coefficient (Wildman–Crippen LogP) is 0.0840. The molecule has 6 nitrogen and oxygen atoms in total. The molecule has 0 atom stereocenters. The highest BCUT2D eigenvalue weighted by atomic mass is 16.3. The molecule has 92 valence electrons. The zero-order valence-corrected chi connectivity index (χ0v) is 9.60. The van der Waals surface area contributed by atoms with E-state index < -0.39 is 0 Å². The number of aromatic nitrogens is 3. The van der Waals surface area contributed by atoms with Crippen LogP contribution >= 0.6 is 0 Å². The number of nitrogens with zero attached hydrogens (tertiary/aromatic N) is 4. The SMILES string of the molecule is O=C(c1ccnc(-n2ccnc2)c1)N1CC(O)C1. The molecule has 1 N–H and O–H groups in total. The molecule has 0 aromatic carbocycles. The van der Waals surface area contributed by atoms with Crippen LogP contribution in [0.5, 0.6) is 0 Å². The minimum absolute atomic E-state index is 0.0796. The molecule has 0 radical (unpaired) electrons. The van der Waals surface area contributed by atoms with Gasteiger partial charge in [0.05, 0.1) is 6.10 Å². The van der Waals surface area contributed by atoms with Crippen LogP contribution in [0.3, 0.4) is 0 Å². The van der Waals surface area contributed by atoms with Gasteiger partial charge in [0, 0.05) is 37.2 Å². The first-order valence-corrected chi connectivity index (χ1v) is 5.66. The lowest BCUT2D eigenvalue weighted by Crippen LogP contribution is -2.53. The van der Waals surface area contributed by atoms with E-state index >= 15 is 0 Å². The molecule has 18 heavy (non-hydrogen) atoms. The first-order chi connectivity index (χ1) is 8.74. The minimum atomic E-state index is -0.385. The van der Waals surface area contributed by atoms with Crippen molar-refractivity contribution >= 4 is 5.91 Å². The highest BCUT2D eigenvalue weighted by Gasteiger charge is 2.29. The number of hydrogen-bond donors (Lipinski definition) is 1. The van der Waals surface area contributed by atoms with Crippen LogP contribution in [-0.4, -0.2) is 49.6 Å². The monoisotopic (exact) mass is 244 g/mol. The van der Waals surface area contributed by atoms with E-state index in [1.807, 2.05) is 0 Å². The number of β-amino-alcohol motifs (C(OH)–C–C–N with tert-alkyl or cyclic N) is 1. The van der Waals surface area contributed by atoms with Crippen molar-refractivity contribution in [3.05, 3.63) is 42.6 Å². The van der Waals surface area contributed by atoms with E-state index in [0.29, 0.717) is 24.5 Å². The number of aliphatic hydroxyl groups is 1. The van der Waals surface area contributed by atoms with E-state index in [4.69, 9.17) is 0 Å². The molecule has 0 saturated carbocycles. The van der Waals surface area contributed by atoms with Crippen LogP contribution < -0.4 is 0 Å². The third-order valence-electron chi connectivity index (χ3n) is 2.91. The zero-order valence-electron chi connectivity index (χ0n) is 9.60. The van der Waals surface area contributed by atoms with Crippen LogP contribution in [-0.2, 0) is 0 Å². The normalized spacial score (nSPS) is 15.5. The Bertz CT molecular complexity index is 561. The van der Waals surface area contributed by atoms with Crippen molar-refractivity contribution in [1.29, 1.82) is 0 Å². The van der Waals surface area contributed by atoms with Gasteiger partial charge in [0.15, 0.2) is 0 Å². The smallest absolute Gasteiger partial charge is 0.254 e. The third-order valence-corrected chi connectivity index (χ3v) is 2.91. The second-order valence-electron chi connectivity index (χ2n) is 4.24. The van der Waals surface area contributed by atoms with E-state index in [0.717, 1.165) is 0 Å². The van der Waals surface area contributed by atoms with Gasteiger partial charge in [-0.3, -0.25) is 9.36 Å². The number of aliphatic hydroxyl groups excluding tert-OH is 1. The standard InChI is InChI=1S/C12H12N4O2/c17-10-6-16(7-10)12(18)9-1-2-14-11(5-9)15-4-3-13-8-15/h1-5,8,10,17H,6-7H2. The van der Waals surface area contributed by atoms with Crippen LogP contribution in [0.4, 0.5) is 0 Å². The molecular weight excluding hydrogens is 232 g/mol. The molecule has 0 bridgehead atoms. The van der Waals surface area contributed by atoms with Crippen molar-refractivity contribution in [1.82, 2.24) is 19.4 Å².